The number of hydrogen-bond acceptors (Lipinski definition) is 4. The first-order valence-electron chi connectivity index (χ1n) is 5.75. The highest BCUT2D eigenvalue weighted by Crippen LogP contribution is 2.21. The number of esters is 1. The molecule has 0 radical (unpaired) electrons. The van der Waals surface area contributed by atoms with E-state index in [4.69, 9.17) is 4.74 Å². The molecule has 1 saturated heterocycles. The molecular formula is C11H22N2O2. The van der Waals surface area contributed by atoms with Gasteiger partial charge in [-0.05, 0) is 39.9 Å². The summed E-state index contributed by atoms with van der Waals surface area (Å²) >= 11 is 0. The first kappa shape index (κ1) is 12.5. The average molecular weight is 214 g/mol. The van der Waals surface area contributed by atoms with Crippen molar-refractivity contribution in [2.24, 2.45) is 0 Å². The van der Waals surface area contributed by atoms with Gasteiger partial charge < -0.3 is 15.0 Å². The maximum atomic E-state index is 11.9. The Morgan fingerprint density at radius 3 is 2.80 bits per heavy atom. The Morgan fingerprint density at radius 1 is 1.53 bits per heavy atom. The van der Waals surface area contributed by atoms with Crippen LogP contribution in [0.3, 0.4) is 0 Å². The second-order valence-corrected chi connectivity index (χ2v) is 4.17. The Labute approximate surface area is 92.0 Å². The molecule has 0 aromatic rings. The van der Waals surface area contributed by atoms with E-state index in [1.165, 1.54) is 0 Å². The van der Waals surface area contributed by atoms with Crippen molar-refractivity contribution in [1.29, 1.82) is 0 Å². The van der Waals surface area contributed by atoms with Gasteiger partial charge in [0.25, 0.3) is 0 Å². The normalized spacial score (nSPS) is 27.7. The average Bonchev–Trinajstić information content (AvgIpc) is 2.18. The topological polar surface area (TPSA) is 41.6 Å². The van der Waals surface area contributed by atoms with E-state index in [2.05, 4.69) is 10.2 Å². The van der Waals surface area contributed by atoms with Crippen molar-refractivity contribution in [3.05, 3.63) is 0 Å². The van der Waals surface area contributed by atoms with Crippen molar-refractivity contribution in [2.75, 3.05) is 33.3 Å². The Kier molecular flexibility index (Phi) is 4.54. The SMILES string of the molecule is CCNC1(C(=O)OCC)CCCN(C)C1. The van der Waals surface area contributed by atoms with Gasteiger partial charge in [0, 0.05) is 6.54 Å². The standard InChI is InChI=1S/C11H22N2O2/c1-4-12-11(10(14)15-5-2)7-6-8-13(3)9-11/h12H,4-9H2,1-3H3. The predicted octanol–water partition coefficient (Wildman–Crippen LogP) is 0.623. The molecule has 0 saturated carbocycles. The van der Waals surface area contributed by atoms with Crippen LogP contribution in [0.4, 0.5) is 0 Å². The van der Waals surface area contributed by atoms with Gasteiger partial charge in [-0.15, -0.1) is 0 Å². The van der Waals surface area contributed by atoms with E-state index < -0.39 is 5.54 Å². The highest BCUT2D eigenvalue weighted by Gasteiger charge is 2.41. The van der Waals surface area contributed by atoms with Gasteiger partial charge in [0.2, 0.25) is 0 Å². The summed E-state index contributed by atoms with van der Waals surface area (Å²) in [5.74, 6) is -0.0987. The van der Waals surface area contributed by atoms with Crippen molar-refractivity contribution in [3.63, 3.8) is 0 Å². The summed E-state index contributed by atoms with van der Waals surface area (Å²) < 4.78 is 5.16. The first-order valence-corrected chi connectivity index (χ1v) is 5.75. The van der Waals surface area contributed by atoms with Crippen LogP contribution in [0.1, 0.15) is 26.7 Å². The summed E-state index contributed by atoms with van der Waals surface area (Å²) in [6.07, 6.45) is 1.92. The molecule has 0 bridgehead atoms. The zero-order chi connectivity index (χ0) is 11.3. The fourth-order valence-electron chi connectivity index (χ4n) is 2.26. The van der Waals surface area contributed by atoms with Crippen LogP contribution in [0.25, 0.3) is 0 Å². The van der Waals surface area contributed by atoms with E-state index in [0.29, 0.717) is 6.61 Å². The molecule has 1 atom stereocenters. The summed E-state index contributed by atoms with van der Waals surface area (Å²) in [7, 11) is 2.05. The summed E-state index contributed by atoms with van der Waals surface area (Å²) in [5.41, 5.74) is -0.474. The molecule has 0 amide bonds. The van der Waals surface area contributed by atoms with Crippen LogP contribution in [0.15, 0.2) is 0 Å². The number of hydrogen-bond donors (Lipinski definition) is 1. The molecule has 1 aliphatic heterocycles. The number of piperidine rings is 1. The minimum atomic E-state index is -0.474. The molecule has 15 heavy (non-hydrogen) atoms. The lowest BCUT2D eigenvalue weighted by Gasteiger charge is -2.39. The van der Waals surface area contributed by atoms with Gasteiger partial charge >= 0.3 is 5.97 Å². The number of nitrogens with one attached hydrogen (secondary N) is 1. The Bertz CT molecular complexity index is 217. The zero-order valence-electron chi connectivity index (χ0n) is 10.0. The van der Waals surface area contributed by atoms with Gasteiger partial charge in [-0.25, -0.2) is 4.79 Å². The Hall–Kier alpha value is -0.610. The molecule has 0 aromatic carbocycles. The van der Waals surface area contributed by atoms with Gasteiger partial charge in [0.15, 0.2) is 0 Å². The summed E-state index contributed by atoms with van der Waals surface area (Å²) in [6.45, 7) is 6.94. The number of likely N-dealkylation sites (tertiary alicyclic amines) is 1. The number of nitrogens with zero attached hydrogens (tertiary/aromatic N) is 1. The largest absolute Gasteiger partial charge is 0.465 e. The zero-order valence-corrected chi connectivity index (χ0v) is 10.0. The Morgan fingerprint density at radius 2 is 2.27 bits per heavy atom. The van der Waals surface area contributed by atoms with Gasteiger partial charge in [-0.3, -0.25) is 0 Å². The molecule has 4 nitrogen and oxygen atoms in total. The second kappa shape index (κ2) is 5.47. The molecule has 0 aliphatic carbocycles. The molecule has 88 valence electrons. The third kappa shape index (κ3) is 2.92. The predicted molar refractivity (Wildman–Crippen MR) is 59.8 cm³/mol. The van der Waals surface area contributed by atoms with Crippen LogP contribution in [0.5, 0.6) is 0 Å². The van der Waals surface area contributed by atoms with Crippen LogP contribution < -0.4 is 5.32 Å². The lowest BCUT2D eigenvalue weighted by Crippen LogP contribution is -2.61. The maximum absolute atomic E-state index is 11.9. The van der Waals surface area contributed by atoms with E-state index in [-0.39, 0.29) is 5.97 Å². The van der Waals surface area contributed by atoms with Crippen molar-refractivity contribution < 1.29 is 9.53 Å². The summed E-state index contributed by atoms with van der Waals surface area (Å²) in [4.78, 5) is 14.1. The number of ether oxygens (including phenoxy) is 1. The number of carbonyl (C=O) groups excluding carboxylic acids is 1. The van der Waals surface area contributed by atoms with Crippen LogP contribution in [0, 0.1) is 0 Å². The maximum Gasteiger partial charge on any atom is 0.327 e. The van der Waals surface area contributed by atoms with Crippen LogP contribution in [-0.4, -0.2) is 49.7 Å². The molecule has 1 aliphatic rings. The molecule has 4 heteroatoms. The summed E-state index contributed by atoms with van der Waals surface area (Å²) in [6, 6.07) is 0. The number of carbonyl (C=O) groups is 1. The van der Waals surface area contributed by atoms with Crippen molar-refractivity contribution in [1.82, 2.24) is 10.2 Å². The molecule has 0 spiro atoms. The highest BCUT2D eigenvalue weighted by atomic mass is 16.5. The van der Waals surface area contributed by atoms with Gasteiger partial charge in [0.1, 0.15) is 5.54 Å². The molecule has 1 rings (SSSR count). The van der Waals surface area contributed by atoms with E-state index in [0.717, 1.165) is 32.5 Å². The molecule has 1 unspecified atom stereocenters. The number of rotatable bonds is 4. The van der Waals surface area contributed by atoms with Crippen molar-refractivity contribution >= 4 is 5.97 Å². The first-order chi connectivity index (χ1) is 7.14. The summed E-state index contributed by atoms with van der Waals surface area (Å²) in [5, 5.41) is 3.30. The third-order valence-electron chi connectivity index (χ3n) is 2.86. The van der Waals surface area contributed by atoms with E-state index >= 15 is 0 Å². The minimum absolute atomic E-state index is 0.0987. The fourth-order valence-corrected chi connectivity index (χ4v) is 2.26. The van der Waals surface area contributed by atoms with Crippen LogP contribution in [0.2, 0.25) is 0 Å². The highest BCUT2D eigenvalue weighted by molar-refractivity contribution is 5.81. The van der Waals surface area contributed by atoms with Gasteiger partial charge in [-0.1, -0.05) is 6.92 Å². The molecular weight excluding hydrogens is 192 g/mol. The van der Waals surface area contributed by atoms with Crippen LogP contribution >= 0.6 is 0 Å². The Balaban J connectivity index is 2.72. The lowest BCUT2D eigenvalue weighted by atomic mass is 9.89. The second-order valence-electron chi connectivity index (χ2n) is 4.17. The lowest BCUT2D eigenvalue weighted by molar-refractivity contribution is -0.153. The molecule has 0 aromatic heterocycles. The van der Waals surface area contributed by atoms with E-state index in [1.807, 2.05) is 20.9 Å². The molecule has 1 heterocycles. The van der Waals surface area contributed by atoms with E-state index in [9.17, 15) is 4.79 Å². The third-order valence-corrected chi connectivity index (χ3v) is 2.86. The number of likely N-dealkylation sites (N-methyl/N-ethyl adjacent to an activating group) is 2. The quantitative estimate of drug-likeness (QED) is 0.697. The van der Waals surface area contributed by atoms with Crippen molar-refractivity contribution in [2.45, 2.75) is 32.2 Å². The van der Waals surface area contributed by atoms with Gasteiger partial charge in [0.05, 0.1) is 6.61 Å². The van der Waals surface area contributed by atoms with Crippen molar-refractivity contribution in [3.8, 4) is 0 Å². The van der Waals surface area contributed by atoms with Crippen LogP contribution in [-0.2, 0) is 9.53 Å². The van der Waals surface area contributed by atoms with Gasteiger partial charge in [-0.2, -0.15) is 0 Å². The molecule has 1 fully saturated rings. The monoisotopic (exact) mass is 214 g/mol. The minimum Gasteiger partial charge on any atom is -0.465 e. The smallest absolute Gasteiger partial charge is 0.327 e. The van der Waals surface area contributed by atoms with E-state index in [1.54, 1.807) is 0 Å². The molecule has 1 N–H and O–H groups in total. The fraction of sp³-hybridized carbons (Fsp3) is 0.909.